The van der Waals surface area contributed by atoms with E-state index in [4.69, 9.17) is 13.9 Å². The predicted molar refractivity (Wildman–Crippen MR) is 110 cm³/mol. The Labute approximate surface area is 178 Å². The fourth-order valence-electron chi connectivity index (χ4n) is 4.12. The van der Waals surface area contributed by atoms with Crippen LogP contribution in [0.15, 0.2) is 41.0 Å². The molecule has 0 spiro atoms. The van der Waals surface area contributed by atoms with Crippen LogP contribution >= 0.6 is 0 Å². The number of ether oxygens (including phenoxy) is 2. The number of para-hydroxylation sites is 1. The smallest absolute Gasteiger partial charge is 0.255 e. The van der Waals surface area contributed by atoms with Crippen molar-refractivity contribution in [1.29, 1.82) is 0 Å². The third-order valence-electron chi connectivity index (χ3n) is 5.64. The Morgan fingerprint density at radius 1 is 1.23 bits per heavy atom. The summed E-state index contributed by atoms with van der Waals surface area (Å²) < 4.78 is 16.7. The minimum atomic E-state index is -0.318. The highest BCUT2D eigenvalue weighted by Crippen LogP contribution is 2.38. The van der Waals surface area contributed by atoms with Gasteiger partial charge in [-0.2, -0.15) is 0 Å². The summed E-state index contributed by atoms with van der Waals surface area (Å²) in [5, 5.41) is 11.1. The Morgan fingerprint density at radius 3 is 2.94 bits per heavy atom. The normalized spacial score (nSPS) is 16.9. The van der Waals surface area contributed by atoms with Crippen LogP contribution in [0, 0.1) is 0 Å². The molecule has 1 aliphatic heterocycles. The maximum absolute atomic E-state index is 12.7. The van der Waals surface area contributed by atoms with E-state index in [0.29, 0.717) is 54.3 Å². The number of nitrogens with zero attached hydrogens (tertiary/aromatic N) is 2. The van der Waals surface area contributed by atoms with Crippen LogP contribution < -0.4 is 14.8 Å². The molecule has 0 saturated heterocycles. The quantitative estimate of drug-likeness (QED) is 0.678. The molecule has 1 aromatic carbocycles. The van der Waals surface area contributed by atoms with E-state index in [1.807, 2.05) is 24.3 Å². The van der Waals surface area contributed by atoms with Gasteiger partial charge in [-0.15, -0.1) is 10.2 Å². The van der Waals surface area contributed by atoms with E-state index in [9.17, 15) is 9.59 Å². The predicted octanol–water partition coefficient (Wildman–Crippen LogP) is 3.00. The molecule has 1 atom stereocenters. The van der Waals surface area contributed by atoms with Gasteiger partial charge < -0.3 is 19.2 Å². The van der Waals surface area contributed by atoms with Crippen molar-refractivity contribution >= 4 is 11.7 Å². The number of aromatic nitrogens is 2. The number of carbonyl (C=O) groups is 2. The summed E-state index contributed by atoms with van der Waals surface area (Å²) in [5.41, 5.74) is 3.32. The fourth-order valence-corrected chi connectivity index (χ4v) is 4.12. The molecule has 2 aliphatic rings. The molecule has 3 heterocycles. The van der Waals surface area contributed by atoms with Crippen molar-refractivity contribution in [3.63, 3.8) is 0 Å². The number of hydrogen-bond donors (Lipinski definition) is 1. The van der Waals surface area contributed by atoms with Gasteiger partial charge in [-0.3, -0.25) is 9.59 Å². The number of amides is 1. The van der Waals surface area contributed by atoms with Gasteiger partial charge in [0.25, 0.3) is 5.91 Å². The Balaban J connectivity index is 1.28. The van der Waals surface area contributed by atoms with Gasteiger partial charge in [0.05, 0.1) is 30.5 Å². The van der Waals surface area contributed by atoms with E-state index in [1.54, 1.807) is 13.2 Å². The van der Waals surface area contributed by atoms with Crippen LogP contribution in [0.3, 0.4) is 0 Å². The third kappa shape index (κ3) is 3.54. The minimum absolute atomic E-state index is 0.0325. The average Bonchev–Trinajstić information content (AvgIpc) is 3.42. The van der Waals surface area contributed by atoms with Crippen molar-refractivity contribution in [3.8, 4) is 22.9 Å². The lowest BCUT2D eigenvalue weighted by atomic mass is 9.94. The van der Waals surface area contributed by atoms with E-state index in [1.165, 1.54) is 6.26 Å². The molecule has 0 radical (unpaired) electrons. The number of hydrogen-bond acceptors (Lipinski definition) is 7. The van der Waals surface area contributed by atoms with Gasteiger partial charge >= 0.3 is 0 Å². The lowest BCUT2D eigenvalue weighted by Crippen LogP contribution is -2.35. The van der Waals surface area contributed by atoms with Gasteiger partial charge in [-0.1, -0.05) is 12.1 Å². The number of Topliss-reactive ketones (excluding diaryl/α,β-unsaturated/α-hetero) is 1. The van der Waals surface area contributed by atoms with Crippen LogP contribution in [0.1, 0.15) is 44.9 Å². The molecule has 1 N–H and O–H groups in total. The maximum atomic E-state index is 12.7. The number of aryl methyl sites for hydroxylation is 1. The number of rotatable bonds is 5. The molecule has 1 aliphatic carbocycles. The molecule has 0 bridgehead atoms. The highest BCUT2D eigenvalue weighted by Gasteiger charge is 2.30. The Hall–Kier alpha value is -3.68. The molecule has 3 aromatic rings. The maximum Gasteiger partial charge on any atom is 0.255 e. The summed E-state index contributed by atoms with van der Waals surface area (Å²) in [6.45, 7) is 0.315. The summed E-state index contributed by atoms with van der Waals surface area (Å²) in [5.74, 6) is 1.45. The number of ketones is 1. The second kappa shape index (κ2) is 7.86. The number of methoxy groups -OCH3 is 1. The standard InChI is InChI=1S/C23H21N3O5/c1-29-20-9-8-17(25-26-20)15-5-2-4-13-10-14(31-22(13)15)11-24-23(28)16-12-30-19-7-3-6-18(27)21(16)19/h2,4-5,8-9,12,14H,3,6-7,10-11H2,1H3,(H,24,28). The zero-order chi connectivity index (χ0) is 21.4. The topological polar surface area (TPSA) is 104 Å². The largest absolute Gasteiger partial charge is 0.487 e. The summed E-state index contributed by atoms with van der Waals surface area (Å²) in [6.07, 6.45) is 3.72. The van der Waals surface area contributed by atoms with E-state index < -0.39 is 0 Å². The van der Waals surface area contributed by atoms with Crippen LogP contribution in [0.25, 0.3) is 11.3 Å². The van der Waals surface area contributed by atoms with Crippen LogP contribution in [0.5, 0.6) is 11.6 Å². The zero-order valence-corrected chi connectivity index (χ0v) is 17.0. The average molecular weight is 419 g/mol. The number of furan rings is 1. The first-order chi connectivity index (χ1) is 15.1. The first-order valence-corrected chi connectivity index (χ1v) is 10.2. The Morgan fingerprint density at radius 2 is 2.13 bits per heavy atom. The molecule has 2 aromatic heterocycles. The van der Waals surface area contributed by atoms with Crippen molar-refractivity contribution in [1.82, 2.24) is 15.5 Å². The van der Waals surface area contributed by atoms with Crippen molar-refractivity contribution < 1.29 is 23.5 Å². The number of carbonyl (C=O) groups excluding carboxylic acids is 2. The molecule has 1 unspecified atom stereocenters. The van der Waals surface area contributed by atoms with Crippen molar-refractivity contribution in [3.05, 3.63) is 59.0 Å². The molecule has 8 nitrogen and oxygen atoms in total. The van der Waals surface area contributed by atoms with Gasteiger partial charge in [0.15, 0.2) is 5.78 Å². The van der Waals surface area contributed by atoms with Crippen LogP contribution in [-0.4, -0.2) is 41.6 Å². The number of fused-ring (bicyclic) bond motifs is 2. The lowest BCUT2D eigenvalue weighted by molar-refractivity contribution is 0.0914. The summed E-state index contributed by atoms with van der Waals surface area (Å²) >= 11 is 0. The fraction of sp³-hybridized carbons (Fsp3) is 0.304. The highest BCUT2D eigenvalue weighted by molar-refractivity contribution is 6.09. The molecular weight excluding hydrogens is 398 g/mol. The molecule has 158 valence electrons. The Bertz CT molecular complexity index is 1150. The van der Waals surface area contributed by atoms with Gasteiger partial charge in [-0.25, -0.2) is 0 Å². The summed E-state index contributed by atoms with van der Waals surface area (Å²) in [6, 6.07) is 9.47. The van der Waals surface area contributed by atoms with Crippen molar-refractivity contribution in [2.24, 2.45) is 0 Å². The van der Waals surface area contributed by atoms with Gasteiger partial charge in [0.1, 0.15) is 23.9 Å². The SMILES string of the molecule is COc1ccc(-c2cccc3c2OC(CNC(=O)c2coc4c2C(=O)CCC4)C3)nn1. The van der Waals surface area contributed by atoms with E-state index in [0.717, 1.165) is 23.3 Å². The van der Waals surface area contributed by atoms with E-state index in [-0.39, 0.29) is 17.8 Å². The van der Waals surface area contributed by atoms with Gasteiger partial charge in [-0.05, 0) is 24.1 Å². The first-order valence-electron chi connectivity index (χ1n) is 10.2. The molecular formula is C23H21N3O5. The highest BCUT2D eigenvalue weighted by atomic mass is 16.5. The van der Waals surface area contributed by atoms with Crippen LogP contribution in [0.2, 0.25) is 0 Å². The molecule has 0 saturated carbocycles. The zero-order valence-electron chi connectivity index (χ0n) is 17.0. The second-order valence-electron chi connectivity index (χ2n) is 7.63. The first kappa shape index (κ1) is 19.3. The monoisotopic (exact) mass is 419 g/mol. The second-order valence-corrected chi connectivity index (χ2v) is 7.63. The van der Waals surface area contributed by atoms with Gasteiger partial charge in [0.2, 0.25) is 5.88 Å². The molecule has 0 fully saturated rings. The summed E-state index contributed by atoms with van der Waals surface area (Å²) in [7, 11) is 1.54. The van der Waals surface area contributed by atoms with E-state index in [2.05, 4.69) is 15.5 Å². The minimum Gasteiger partial charge on any atom is -0.487 e. The molecule has 31 heavy (non-hydrogen) atoms. The number of nitrogens with one attached hydrogen (secondary N) is 1. The van der Waals surface area contributed by atoms with Crippen molar-refractivity contribution in [2.75, 3.05) is 13.7 Å². The molecule has 5 rings (SSSR count). The van der Waals surface area contributed by atoms with Gasteiger partial charge in [0, 0.05) is 30.9 Å². The Kier molecular flexibility index (Phi) is 4.89. The van der Waals surface area contributed by atoms with Crippen molar-refractivity contribution in [2.45, 2.75) is 31.8 Å². The van der Waals surface area contributed by atoms with Crippen LogP contribution in [0.4, 0.5) is 0 Å². The third-order valence-corrected chi connectivity index (χ3v) is 5.64. The lowest BCUT2D eigenvalue weighted by Gasteiger charge is -2.14. The number of benzene rings is 1. The van der Waals surface area contributed by atoms with E-state index >= 15 is 0 Å². The summed E-state index contributed by atoms with van der Waals surface area (Å²) in [4.78, 5) is 24.9. The molecule has 8 heteroatoms. The molecule has 1 amide bonds. The van der Waals surface area contributed by atoms with Crippen LogP contribution in [-0.2, 0) is 12.8 Å².